The normalized spacial score (nSPS) is 36.4. The zero-order chi connectivity index (χ0) is 20.2. The number of rotatable bonds is 5. The lowest BCUT2D eigenvalue weighted by molar-refractivity contribution is -0.146. The highest BCUT2D eigenvalue weighted by molar-refractivity contribution is 7.89. The van der Waals surface area contributed by atoms with Crippen LogP contribution in [0.15, 0.2) is 29.2 Å². The lowest BCUT2D eigenvalue weighted by atomic mass is 9.49. The van der Waals surface area contributed by atoms with E-state index in [2.05, 4.69) is 5.32 Å². The maximum atomic E-state index is 13.2. The van der Waals surface area contributed by atoms with Gasteiger partial charge in [-0.05, 0) is 93.4 Å². The molecule has 0 spiro atoms. The summed E-state index contributed by atoms with van der Waals surface area (Å²) in [6.07, 6.45) is 8.41. The molecule has 1 unspecified atom stereocenters. The van der Waals surface area contributed by atoms with Crippen LogP contribution in [0.25, 0.3) is 0 Å². The molecular weight excluding hydrogens is 391 g/mol. The molecule has 5 aliphatic rings. The summed E-state index contributed by atoms with van der Waals surface area (Å²) in [4.78, 5) is 13.3. The highest BCUT2D eigenvalue weighted by Crippen LogP contribution is 2.60. The third-order valence-corrected chi connectivity index (χ3v) is 9.73. The van der Waals surface area contributed by atoms with Crippen molar-refractivity contribution in [2.45, 2.75) is 62.3 Å². The molecule has 5 fully saturated rings. The Bertz CT molecular complexity index is 864. The zero-order valence-electron chi connectivity index (χ0n) is 16.6. The summed E-state index contributed by atoms with van der Waals surface area (Å²) in [5.41, 5.74) is -0.214. The summed E-state index contributed by atoms with van der Waals surface area (Å²) in [7, 11) is -3.68. The monoisotopic (exact) mass is 420 g/mol. The molecule has 4 aliphatic carbocycles. The van der Waals surface area contributed by atoms with E-state index in [1.807, 2.05) is 0 Å². The fourth-order valence-corrected chi connectivity index (χ4v) is 8.55. The van der Waals surface area contributed by atoms with E-state index in [9.17, 15) is 17.6 Å². The molecular formula is C22H29FN2O3S. The van der Waals surface area contributed by atoms with Gasteiger partial charge in [-0.3, -0.25) is 4.79 Å². The minimum absolute atomic E-state index is 0.109. The lowest BCUT2D eigenvalue weighted by Crippen LogP contribution is -2.55. The predicted octanol–water partition coefficient (Wildman–Crippen LogP) is 3.31. The third kappa shape index (κ3) is 3.40. The van der Waals surface area contributed by atoms with Crippen LogP contribution >= 0.6 is 0 Å². The van der Waals surface area contributed by atoms with Crippen LogP contribution in [-0.4, -0.2) is 37.8 Å². The molecule has 1 atom stereocenters. The van der Waals surface area contributed by atoms with Crippen LogP contribution in [0.3, 0.4) is 0 Å². The number of hydrogen-bond donors (Lipinski definition) is 1. The van der Waals surface area contributed by atoms with E-state index < -0.39 is 15.8 Å². The van der Waals surface area contributed by atoms with Crippen LogP contribution in [0.5, 0.6) is 0 Å². The van der Waals surface area contributed by atoms with Gasteiger partial charge >= 0.3 is 0 Å². The van der Waals surface area contributed by atoms with Crippen LogP contribution in [0.2, 0.25) is 0 Å². The second kappa shape index (κ2) is 7.05. The van der Waals surface area contributed by atoms with Crippen molar-refractivity contribution >= 4 is 15.9 Å². The Balaban J connectivity index is 1.27. The molecule has 1 aliphatic heterocycles. The van der Waals surface area contributed by atoms with Gasteiger partial charge in [0.05, 0.1) is 4.90 Å². The van der Waals surface area contributed by atoms with Crippen molar-refractivity contribution in [1.29, 1.82) is 0 Å². The molecule has 1 aromatic carbocycles. The first-order chi connectivity index (χ1) is 13.9. The van der Waals surface area contributed by atoms with Crippen LogP contribution < -0.4 is 5.32 Å². The Kier molecular flexibility index (Phi) is 4.74. The Morgan fingerprint density at radius 1 is 1.07 bits per heavy atom. The van der Waals surface area contributed by atoms with E-state index in [1.54, 1.807) is 0 Å². The average molecular weight is 421 g/mol. The Morgan fingerprint density at radius 2 is 1.66 bits per heavy atom. The molecule has 0 aromatic heterocycles. The van der Waals surface area contributed by atoms with E-state index in [4.69, 9.17) is 0 Å². The van der Waals surface area contributed by atoms with Crippen molar-refractivity contribution in [2.24, 2.45) is 23.2 Å². The number of benzene rings is 1. The summed E-state index contributed by atoms with van der Waals surface area (Å²) in [6.45, 7) is 0.804. The van der Waals surface area contributed by atoms with Crippen LogP contribution in [0, 0.1) is 29.0 Å². The maximum absolute atomic E-state index is 13.2. The topological polar surface area (TPSA) is 66.5 Å². The quantitative estimate of drug-likeness (QED) is 0.795. The van der Waals surface area contributed by atoms with E-state index in [0.29, 0.717) is 30.8 Å². The second-order valence-electron chi connectivity index (χ2n) is 9.77. The summed E-state index contributed by atoms with van der Waals surface area (Å²) >= 11 is 0. The first kappa shape index (κ1) is 19.5. The van der Waals surface area contributed by atoms with E-state index in [0.717, 1.165) is 32.1 Å². The molecule has 0 radical (unpaired) electrons. The van der Waals surface area contributed by atoms with Gasteiger partial charge in [-0.2, -0.15) is 4.31 Å². The van der Waals surface area contributed by atoms with Gasteiger partial charge in [-0.15, -0.1) is 0 Å². The molecule has 1 aromatic rings. The number of carbonyl (C=O) groups is 1. The smallest absolute Gasteiger partial charge is 0.243 e. The SMILES string of the molecule is O=C(NCC1CCCN1S(=O)(=O)c1ccc(F)cc1)C12CC3CC(CC(C3)C1)C2. The summed E-state index contributed by atoms with van der Waals surface area (Å²) in [5.74, 6) is 1.80. The van der Waals surface area contributed by atoms with Gasteiger partial charge in [0.15, 0.2) is 0 Å². The predicted molar refractivity (Wildman–Crippen MR) is 107 cm³/mol. The Morgan fingerprint density at radius 3 is 2.24 bits per heavy atom. The molecule has 1 heterocycles. The average Bonchev–Trinajstić information content (AvgIpc) is 3.15. The zero-order valence-corrected chi connectivity index (χ0v) is 17.5. The number of nitrogens with zero attached hydrogens (tertiary/aromatic N) is 1. The number of hydrogen-bond acceptors (Lipinski definition) is 3. The van der Waals surface area contributed by atoms with Gasteiger partial charge in [0, 0.05) is 24.5 Å². The minimum atomic E-state index is -3.68. The van der Waals surface area contributed by atoms with Crippen molar-refractivity contribution in [3.8, 4) is 0 Å². The third-order valence-electron chi connectivity index (χ3n) is 7.76. The van der Waals surface area contributed by atoms with Gasteiger partial charge in [0.25, 0.3) is 0 Å². The standard InChI is InChI=1S/C22H29FN2O3S/c23-18-3-5-20(6-4-18)29(27,28)25-7-1-2-19(25)14-24-21(26)22-11-15-8-16(12-22)10-17(9-15)13-22/h3-6,15-17,19H,1-2,7-14H2,(H,24,26). The first-order valence-corrected chi connectivity index (χ1v) is 12.4. The van der Waals surface area contributed by atoms with E-state index in [-0.39, 0.29) is 22.3 Å². The number of halogens is 1. The highest BCUT2D eigenvalue weighted by Gasteiger charge is 2.54. The van der Waals surface area contributed by atoms with E-state index >= 15 is 0 Å². The molecule has 1 saturated heterocycles. The van der Waals surface area contributed by atoms with Gasteiger partial charge in [-0.1, -0.05) is 0 Å². The fraction of sp³-hybridized carbons (Fsp3) is 0.682. The van der Waals surface area contributed by atoms with Crippen molar-refractivity contribution < 1.29 is 17.6 Å². The first-order valence-electron chi connectivity index (χ1n) is 10.9. The van der Waals surface area contributed by atoms with Crippen molar-refractivity contribution in [2.75, 3.05) is 13.1 Å². The fourth-order valence-electron chi connectivity index (χ4n) is 6.86. The summed E-state index contributed by atoms with van der Waals surface area (Å²) in [6, 6.07) is 4.74. The largest absolute Gasteiger partial charge is 0.354 e. The molecule has 5 nitrogen and oxygen atoms in total. The molecule has 6 rings (SSSR count). The molecule has 29 heavy (non-hydrogen) atoms. The molecule has 158 valence electrons. The molecule has 7 heteroatoms. The van der Waals surface area contributed by atoms with Crippen LogP contribution in [0.1, 0.15) is 51.4 Å². The highest BCUT2D eigenvalue weighted by atomic mass is 32.2. The minimum Gasteiger partial charge on any atom is -0.354 e. The summed E-state index contributed by atoms with van der Waals surface area (Å²) < 4.78 is 40.7. The van der Waals surface area contributed by atoms with Crippen LogP contribution in [0.4, 0.5) is 4.39 Å². The van der Waals surface area contributed by atoms with Crippen molar-refractivity contribution in [1.82, 2.24) is 9.62 Å². The second-order valence-corrected chi connectivity index (χ2v) is 11.7. The molecule has 1 N–H and O–H groups in total. The summed E-state index contributed by atoms with van der Waals surface area (Å²) in [5, 5.41) is 3.14. The molecule has 4 saturated carbocycles. The molecule has 4 bridgehead atoms. The Labute approximate surface area is 172 Å². The van der Waals surface area contributed by atoms with Crippen LogP contribution in [-0.2, 0) is 14.8 Å². The van der Waals surface area contributed by atoms with Gasteiger partial charge < -0.3 is 5.32 Å². The van der Waals surface area contributed by atoms with Gasteiger partial charge in [0.1, 0.15) is 5.82 Å². The maximum Gasteiger partial charge on any atom is 0.243 e. The number of amides is 1. The van der Waals surface area contributed by atoms with E-state index in [1.165, 1.54) is 47.8 Å². The number of carbonyl (C=O) groups excluding carboxylic acids is 1. The van der Waals surface area contributed by atoms with Crippen molar-refractivity contribution in [3.05, 3.63) is 30.1 Å². The van der Waals surface area contributed by atoms with Gasteiger partial charge in [0.2, 0.25) is 15.9 Å². The lowest BCUT2D eigenvalue weighted by Gasteiger charge is -2.55. The molecule has 1 amide bonds. The number of nitrogens with one attached hydrogen (secondary N) is 1. The van der Waals surface area contributed by atoms with Crippen molar-refractivity contribution in [3.63, 3.8) is 0 Å². The van der Waals surface area contributed by atoms with Gasteiger partial charge in [-0.25, -0.2) is 12.8 Å². The Hall–Kier alpha value is -1.47. The number of sulfonamides is 1.